The van der Waals surface area contributed by atoms with Crippen LogP contribution >= 0.6 is 0 Å². The van der Waals surface area contributed by atoms with Gasteiger partial charge >= 0.3 is 0 Å². The van der Waals surface area contributed by atoms with E-state index in [1.54, 1.807) is 0 Å². The molecule has 0 aromatic rings. The molecule has 124 valence electrons. The lowest BCUT2D eigenvalue weighted by Gasteiger charge is -2.47. The summed E-state index contributed by atoms with van der Waals surface area (Å²) in [4.78, 5) is 16.9. The predicted molar refractivity (Wildman–Crippen MR) is 87.7 cm³/mol. The third-order valence-electron chi connectivity index (χ3n) is 7.10. The lowest BCUT2D eigenvalue weighted by atomic mass is 9.67. The molecule has 22 heavy (non-hydrogen) atoms. The van der Waals surface area contributed by atoms with Crippen molar-refractivity contribution < 1.29 is 4.79 Å². The Morgan fingerprint density at radius 2 is 1.64 bits per heavy atom. The number of amides is 1. The molecule has 1 saturated carbocycles. The molecule has 0 unspecified atom stereocenters. The van der Waals surface area contributed by atoms with Crippen LogP contribution in [0, 0.1) is 5.41 Å². The first kappa shape index (κ1) is 14.9. The molecule has 4 fully saturated rings. The fraction of sp³-hybridized carbons (Fsp3) is 0.944. The molecule has 3 heterocycles. The fourth-order valence-corrected chi connectivity index (χ4v) is 5.72. The van der Waals surface area contributed by atoms with Gasteiger partial charge in [0, 0.05) is 38.1 Å². The van der Waals surface area contributed by atoms with Gasteiger partial charge in [0.15, 0.2) is 0 Å². The molecule has 4 rings (SSSR count). The summed E-state index contributed by atoms with van der Waals surface area (Å²) < 4.78 is 0. The summed E-state index contributed by atoms with van der Waals surface area (Å²) >= 11 is 0. The van der Waals surface area contributed by atoms with E-state index in [2.05, 4.69) is 10.2 Å². The maximum atomic E-state index is 12.2. The number of hydrogen-bond donors (Lipinski definition) is 1. The summed E-state index contributed by atoms with van der Waals surface area (Å²) in [6, 6.07) is 1.92. The molecule has 3 saturated heterocycles. The van der Waals surface area contributed by atoms with Gasteiger partial charge in [-0.2, -0.15) is 0 Å². The van der Waals surface area contributed by atoms with Gasteiger partial charge in [0.25, 0.3) is 0 Å². The Balaban J connectivity index is 1.43. The second-order valence-corrected chi connectivity index (χ2v) is 8.29. The molecular weight excluding hydrogens is 274 g/mol. The lowest BCUT2D eigenvalue weighted by molar-refractivity contribution is -0.130. The molecule has 4 aliphatic rings. The molecule has 1 aliphatic carbocycles. The van der Waals surface area contributed by atoms with Gasteiger partial charge in [0.1, 0.15) is 0 Å². The average molecular weight is 305 g/mol. The minimum Gasteiger partial charge on any atom is -0.344 e. The molecule has 2 bridgehead atoms. The Kier molecular flexibility index (Phi) is 3.93. The van der Waals surface area contributed by atoms with Crippen molar-refractivity contribution in [2.75, 3.05) is 26.7 Å². The van der Waals surface area contributed by atoms with Crippen LogP contribution in [0.3, 0.4) is 0 Å². The van der Waals surface area contributed by atoms with E-state index in [4.69, 9.17) is 0 Å². The Labute approximate surface area is 134 Å². The summed E-state index contributed by atoms with van der Waals surface area (Å²) in [6.07, 6.45) is 11.6. The quantitative estimate of drug-likeness (QED) is 0.805. The van der Waals surface area contributed by atoms with Crippen molar-refractivity contribution in [2.24, 2.45) is 5.41 Å². The van der Waals surface area contributed by atoms with Crippen molar-refractivity contribution in [2.45, 2.75) is 75.9 Å². The first-order valence-corrected chi connectivity index (χ1v) is 9.39. The molecule has 0 aromatic carbocycles. The van der Waals surface area contributed by atoms with E-state index in [0.29, 0.717) is 23.4 Å². The molecule has 3 aliphatic heterocycles. The van der Waals surface area contributed by atoms with Gasteiger partial charge in [-0.05, 0) is 69.9 Å². The fourth-order valence-electron chi connectivity index (χ4n) is 5.72. The zero-order valence-electron chi connectivity index (χ0n) is 14.0. The third kappa shape index (κ3) is 2.58. The number of likely N-dealkylation sites (N-methyl/N-ethyl adjacent to an activating group) is 1. The number of nitrogens with zero attached hydrogens (tertiary/aromatic N) is 2. The summed E-state index contributed by atoms with van der Waals surface area (Å²) in [5, 5.41) is 3.52. The van der Waals surface area contributed by atoms with Crippen molar-refractivity contribution in [3.8, 4) is 0 Å². The lowest BCUT2D eigenvalue weighted by Crippen LogP contribution is -2.49. The normalized spacial score (nSPS) is 36.8. The zero-order chi connectivity index (χ0) is 15.2. The number of fused-ring (bicyclic) bond motifs is 2. The molecular formula is C18H31N3O. The molecule has 4 nitrogen and oxygen atoms in total. The van der Waals surface area contributed by atoms with Crippen LogP contribution in [-0.4, -0.2) is 60.5 Å². The molecule has 0 radical (unpaired) electrons. The summed E-state index contributed by atoms with van der Waals surface area (Å²) in [7, 11) is 1.99. The van der Waals surface area contributed by atoms with E-state index in [1.807, 2.05) is 11.9 Å². The van der Waals surface area contributed by atoms with Crippen molar-refractivity contribution in [3.63, 3.8) is 0 Å². The van der Waals surface area contributed by atoms with Crippen LogP contribution in [0.5, 0.6) is 0 Å². The van der Waals surface area contributed by atoms with Gasteiger partial charge in [-0.1, -0.05) is 0 Å². The summed E-state index contributed by atoms with van der Waals surface area (Å²) in [5.74, 6) is 0.364. The highest BCUT2D eigenvalue weighted by atomic mass is 16.2. The third-order valence-corrected chi connectivity index (χ3v) is 7.10. The van der Waals surface area contributed by atoms with E-state index < -0.39 is 0 Å². The molecule has 1 amide bonds. The second kappa shape index (κ2) is 5.79. The number of carbonyl (C=O) groups is 1. The maximum Gasteiger partial charge on any atom is 0.223 e. The van der Waals surface area contributed by atoms with Gasteiger partial charge < -0.3 is 10.2 Å². The largest absolute Gasteiger partial charge is 0.344 e. The molecule has 1 spiro atoms. The Morgan fingerprint density at radius 1 is 0.955 bits per heavy atom. The van der Waals surface area contributed by atoms with Crippen LogP contribution in [-0.2, 0) is 4.79 Å². The summed E-state index contributed by atoms with van der Waals surface area (Å²) in [5.41, 5.74) is 0.652. The van der Waals surface area contributed by atoms with Crippen molar-refractivity contribution in [3.05, 3.63) is 0 Å². The summed E-state index contributed by atoms with van der Waals surface area (Å²) in [6.45, 7) is 3.40. The monoisotopic (exact) mass is 305 g/mol. The average Bonchev–Trinajstić information content (AvgIpc) is 2.85. The standard InChI is InChI=1S/C18H31N3O/c1-20-13-16-3-2-15(12-17(20)22)21(16)14-4-6-18(7-5-14)8-10-19-11-9-18/h14-16,19H,2-13H2,1H3/t15-,16+/m1/s1. The van der Waals surface area contributed by atoms with E-state index in [-0.39, 0.29) is 0 Å². The predicted octanol–water partition coefficient (Wildman–Crippen LogP) is 1.99. The SMILES string of the molecule is CN1C[C@@H]2CC[C@H](CC1=O)N2C1CCC2(CCNCC2)CC1. The molecule has 0 aromatic heterocycles. The number of rotatable bonds is 1. The number of piperidine rings is 1. The van der Waals surface area contributed by atoms with Gasteiger partial charge in [-0.25, -0.2) is 0 Å². The van der Waals surface area contributed by atoms with Crippen molar-refractivity contribution in [1.82, 2.24) is 15.1 Å². The second-order valence-electron chi connectivity index (χ2n) is 8.29. The van der Waals surface area contributed by atoms with Gasteiger partial charge in [0.05, 0.1) is 0 Å². The Bertz CT molecular complexity index is 422. The highest BCUT2D eigenvalue weighted by molar-refractivity contribution is 5.77. The first-order valence-electron chi connectivity index (χ1n) is 9.39. The minimum atomic E-state index is 0.364. The highest BCUT2D eigenvalue weighted by Gasteiger charge is 2.45. The van der Waals surface area contributed by atoms with Gasteiger partial charge in [0.2, 0.25) is 5.91 Å². The number of carbonyl (C=O) groups excluding carboxylic acids is 1. The van der Waals surface area contributed by atoms with Crippen molar-refractivity contribution in [1.29, 1.82) is 0 Å². The molecule has 4 heteroatoms. The zero-order valence-corrected chi connectivity index (χ0v) is 14.0. The van der Waals surface area contributed by atoms with Crippen LogP contribution in [0.15, 0.2) is 0 Å². The van der Waals surface area contributed by atoms with Gasteiger partial charge in [-0.3, -0.25) is 9.69 Å². The van der Waals surface area contributed by atoms with E-state index in [1.165, 1.54) is 64.5 Å². The maximum absolute atomic E-state index is 12.2. The van der Waals surface area contributed by atoms with E-state index in [9.17, 15) is 4.79 Å². The number of hydrogen-bond acceptors (Lipinski definition) is 3. The van der Waals surface area contributed by atoms with Crippen LogP contribution in [0.2, 0.25) is 0 Å². The van der Waals surface area contributed by atoms with E-state index >= 15 is 0 Å². The van der Waals surface area contributed by atoms with E-state index in [0.717, 1.165) is 19.0 Å². The van der Waals surface area contributed by atoms with Crippen LogP contribution in [0.1, 0.15) is 57.8 Å². The topological polar surface area (TPSA) is 35.6 Å². The van der Waals surface area contributed by atoms with Crippen molar-refractivity contribution >= 4 is 5.91 Å². The van der Waals surface area contributed by atoms with Crippen LogP contribution in [0.4, 0.5) is 0 Å². The molecule has 1 N–H and O–H groups in total. The van der Waals surface area contributed by atoms with Crippen LogP contribution in [0.25, 0.3) is 0 Å². The number of likely N-dealkylation sites (tertiary alicyclic amines) is 1. The Morgan fingerprint density at radius 3 is 2.36 bits per heavy atom. The first-order chi connectivity index (χ1) is 10.7. The van der Waals surface area contributed by atoms with Gasteiger partial charge in [-0.15, -0.1) is 0 Å². The smallest absolute Gasteiger partial charge is 0.223 e. The number of nitrogens with one attached hydrogen (secondary N) is 1. The van der Waals surface area contributed by atoms with Crippen LogP contribution < -0.4 is 5.32 Å². The Hall–Kier alpha value is -0.610. The molecule has 2 atom stereocenters. The minimum absolute atomic E-state index is 0.364. The highest BCUT2D eigenvalue weighted by Crippen LogP contribution is 2.46.